The van der Waals surface area contributed by atoms with Crippen molar-refractivity contribution in [3.8, 4) is 0 Å². The van der Waals surface area contributed by atoms with Crippen LogP contribution >= 0.6 is 0 Å². The lowest BCUT2D eigenvalue weighted by molar-refractivity contribution is 0.105. The molecule has 2 heterocycles. The van der Waals surface area contributed by atoms with Gasteiger partial charge in [-0.2, -0.15) is 0 Å². The lowest BCUT2D eigenvalue weighted by Crippen LogP contribution is -2.40. The Kier molecular flexibility index (Phi) is 4.41. The van der Waals surface area contributed by atoms with Crippen LogP contribution in [0, 0.1) is 17.8 Å². The van der Waals surface area contributed by atoms with E-state index in [0.29, 0.717) is 12.5 Å². The van der Waals surface area contributed by atoms with Crippen molar-refractivity contribution in [1.29, 1.82) is 0 Å². The van der Waals surface area contributed by atoms with Crippen LogP contribution < -0.4 is 5.73 Å². The van der Waals surface area contributed by atoms with Crippen LogP contribution in [-0.2, 0) is 0 Å². The summed E-state index contributed by atoms with van der Waals surface area (Å²) in [5, 5.41) is 0. The van der Waals surface area contributed by atoms with E-state index in [2.05, 4.69) is 37.8 Å². The molecule has 3 nitrogen and oxygen atoms in total. The minimum absolute atomic E-state index is 0.265. The minimum Gasteiger partial charge on any atom is -0.464 e. The Morgan fingerprint density at radius 3 is 2.48 bits per heavy atom. The van der Waals surface area contributed by atoms with Crippen molar-refractivity contribution in [2.45, 2.75) is 52.0 Å². The van der Waals surface area contributed by atoms with Crippen molar-refractivity contribution in [2.75, 3.05) is 19.6 Å². The van der Waals surface area contributed by atoms with Gasteiger partial charge in [-0.3, -0.25) is 4.90 Å². The number of likely N-dealkylation sites (tertiary alicyclic amines) is 1. The largest absolute Gasteiger partial charge is 0.464 e. The zero-order chi connectivity index (χ0) is 15.0. The van der Waals surface area contributed by atoms with E-state index in [9.17, 15) is 0 Å². The van der Waals surface area contributed by atoms with E-state index >= 15 is 0 Å². The van der Waals surface area contributed by atoms with Crippen molar-refractivity contribution < 1.29 is 4.42 Å². The zero-order valence-electron chi connectivity index (χ0n) is 13.7. The lowest BCUT2D eigenvalue weighted by Gasteiger charge is -2.37. The summed E-state index contributed by atoms with van der Waals surface area (Å²) >= 11 is 0. The molecular formula is C18H30N2O. The Balaban J connectivity index is 1.64. The van der Waals surface area contributed by atoms with Gasteiger partial charge >= 0.3 is 0 Å². The normalized spacial score (nSPS) is 29.0. The third kappa shape index (κ3) is 3.19. The molecule has 0 amide bonds. The molecule has 1 aliphatic carbocycles. The Labute approximate surface area is 128 Å². The first kappa shape index (κ1) is 15.1. The molecule has 1 saturated heterocycles. The van der Waals surface area contributed by atoms with Gasteiger partial charge in [-0.05, 0) is 62.2 Å². The predicted octanol–water partition coefficient (Wildman–Crippen LogP) is 3.77. The molecule has 1 aromatic rings. The summed E-state index contributed by atoms with van der Waals surface area (Å²) in [6, 6.07) is 4.60. The monoisotopic (exact) mass is 290 g/mol. The van der Waals surface area contributed by atoms with Crippen LogP contribution in [0.4, 0.5) is 0 Å². The Hall–Kier alpha value is -0.800. The third-order valence-electron chi connectivity index (χ3n) is 5.63. The molecule has 21 heavy (non-hydrogen) atoms. The van der Waals surface area contributed by atoms with Gasteiger partial charge in [-0.25, -0.2) is 0 Å². The maximum Gasteiger partial charge on any atom is 0.122 e. The number of hydrogen-bond acceptors (Lipinski definition) is 3. The summed E-state index contributed by atoms with van der Waals surface area (Å²) in [6.07, 6.45) is 3.86. The fraction of sp³-hybridized carbons (Fsp3) is 0.778. The van der Waals surface area contributed by atoms with Crippen molar-refractivity contribution in [3.05, 3.63) is 23.7 Å². The van der Waals surface area contributed by atoms with Gasteiger partial charge in [0.25, 0.3) is 0 Å². The van der Waals surface area contributed by atoms with E-state index in [0.717, 1.165) is 36.6 Å². The number of nitrogens with zero attached hydrogens (tertiary/aromatic N) is 1. The molecule has 118 valence electrons. The topological polar surface area (TPSA) is 42.4 Å². The quantitative estimate of drug-likeness (QED) is 0.897. The average molecular weight is 290 g/mol. The number of piperidine rings is 1. The van der Waals surface area contributed by atoms with Gasteiger partial charge in [0.05, 0.1) is 6.04 Å². The summed E-state index contributed by atoms with van der Waals surface area (Å²) in [6.45, 7) is 9.94. The number of furan rings is 1. The van der Waals surface area contributed by atoms with Crippen molar-refractivity contribution in [1.82, 2.24) is 4.90 Å². The van der Waals surface area contributed by atoms with Gasteiger partial charge in [0, 0.05) is 12.5 Å². The molecule has 3 heteroatoms. The fourth-order valence-corrected chi connectivity index (χ4v) is 3.81. The first-order valence-electron chi connectivity index (χ1n) is 8.64. The molecule has 2 fully saturated rings. The van der Waals surface area contributed by atoms with Gasteiger partial charge in [-0.15, -0.1) is 0 Å². The number of rotatable bonds is 5. The second-order valence-corrected chi connectivity index (χ2v) is 7.43. The van der Waals surface area contributed by atoms with Gasteiger partial charge in [0.2, 0.25) is 0 Å². The molecular weight excluding hydrogens is 260 g/mol. The van der Waals surface area contributed by atoms with Crippen molar-refractivity contribution in [3.63, 3.8) is 0 Å². The summed E-state index contributed by atoms with van der Waals surface area (Å²) in [5.74, 6) is 5.38. The molecule has 1 saturated carbocycles. The SMILES string of the molecule is CC(C)C1CCN(C(CN)c2ccc(C3CC3C)o2)CC1. The second-order valence-electron chi connectivity index (χ2n) is 7.43. The third-order valence-corrected chi connectivity index (χ3v) is 5.63. The van der Waals surface area contributed by atoms with Gasteiger partial charge < -0.3 is 10.2 Å². The second kappa shape index (κ2) is 6.13. The molecule has 1 aliphatic heterocycles. The van der Waals surface area contributed by atoms with Crippen LogP contribution in [0.3, 0.4) is 0 Å². The highest BCUT2D eigenvalue weighted by molar-refractivity contribution is 5.19. The predicted molar refractivity (Wildman–Crippen MR) is 86.2 cm³/mol. The van der Waals surface area contributed by atoms with Gasteiger partial charge in [-0.1, -0.05) is 20.8 Å². The Morgan fingerprint density at radius 2 is 1.95 bits per heavy atom. The summed E-state index contributed by atoms with van der Waals surface area (Å²) in [5.41, 5.74) is 6.06. The molecule has 0 bridgehead atoms. The number of hydrogen-bond donors (Lipinski definition) is 1. The maximum absolute atomic E-state index is 6.14. The fourth-order valence-electron chi connectivity index (χ4n) is 3.81. The smallest absolute Gasteiger partial charge is 0.122 e. The number of nitrogens with two attached hydrogens (primary N) is 1. The van der Waals surface area contributed by atoms with E-state index in [4.69, 9.17) is 10.2 Å². The van der Waals surface area contributed by atoms with Crippen LogP contribution in [-0.4, -0.2) is 24.5 Å². The first-order chi connectivity index (χ1) is 10.1. The molecule has 3 rings (SSSR count). The summed E-state index contributed by atoms with van der Waals surface area (Å²) in [7, 11) is 0. The molecule has 3 unspecified atom stereocenters. The van der Waals surface area contributed by atoms with Gasteiger partial charge in [0.15, 0.2) is 0 Å². The van der Waals surface area contributed by atoms with Crippen molar-refractivity contribution in [2.24, 2.45) is 23.5 Å². The highest BCUT2D eigenvalue weighted by Gasteiger charge is 2.37. The van der Waals surface area contributed by atoms with Crippen LogP contribution in [0.5, 0.6) is 0 Å². The zero-order valence-corrected chi connectivity index (χ0v) is 13.7. The van der Waals surface area contributed by atoms with Crippen LogP contribution in [0.15, 0.2) is 16.5 Å². The Morgan fingerprint density at radius 1 is 1.29 bits per heavy atom. The van der Waals surface area contributed by atoms with Crippen LogP contribution in [0.25, 0.3) is 0 Å². The molecule has 2 aliphatic rings. The summed E-state index contributed by atoms with van der Waals surface area (Å²) in [4.78, 5) is 2.53. The maximum atomic E-state index is 6.14. The first-order valence-corrected chi connectivity index (χ1v) is 8.64. The van der Waals surface area contributed by atoms with Gasteiger partial charge in [0.1, 0.15) is 11.5 Å². The van der Waals surface area contributed by atoms with E-state index in [1.165, 1.54) is 25.0 Å². The summed E-state index contributed by atoms with van der Waals surface area (Å²) < 4.78 is 6.14. The molecule has 3 atom stereocenters. The highest BCUT2D eigenvalue weighted by atomic mass is 16.3. The van der Waals surface area contributed by atoms with Crippen LogP contribution in [0.1, 0.15) is 63.5 Å². The molecule has 0 radical (unpaired) electrons. The van der Waals surface area contributed by atoms with Crippen LogP contribution in [0.2, 0.25) is 0 Å². The van der Waals surface area contributed by atoms with Crippen molar-refractivity contribution >= 4 is 0 Å². The molecule has 0 aromatic carbocycles. The average Bonchev–Trinajstić information content (AvgIpc) is 3.01. The van der Waals surface area contributed by atoms with E-state index in [1.54, 1.807) is 0 Å². The Bertz CT molecular complexity index is 460. The van der Waals surface area contributed by atoms with E-state index < -0.39 is 0 Å². The molecule has 2 N–H and O–H groups in total. The van der Waals surface area contributed by atoms with E-state index in [1.807, 2.05) is 0 Å². The highest BCUT2D eigenvalue weighted by Crippen LogP contribution is 2.47. The molecule has 0 spiro atoms. The minimum atomic E-state index is 0.265. The standard InChI is InChI=1S/C18H30N2O/c1-12(2)14-6-8-20(9-7-14)16(11-19)18-5-4-17(21-18)15-10-13(15)3/h4-5,12-16H,6-11,19H2,1-3H3. The molecule has 1 aromatic heterocycles. The van der Waals surface area contributed by atoms with E-state index in [-0.39, 0.29) is 6.04 Å². The lowest BCUT2D eigenvalue weighted by atomic mass is 9.86.